The molecule has 0 radical (unpaired) electrons. The predicted molar refractivity (Wildman–Crippen MR) is 33.6 cm³/mol. The van der Waals surface area contributed by atoms with E-state index in [4.69, 9.17) is 0 Å². The van der Waals surface area contributed by atoms with Gasteiger partial charge in [0.05, 0.1) is 6.42 Å². The maximum absolute atomic E-state index is 10.7. The standard InChI is InChI=1S/C5H9N3O/c1-2-6-8-5(9)3-4-7-8/h4,6H,2-3H2,1H3. The molecule has 1 amide bonds. The summed E-state index contributed by atoms with van der Waals surface area (Å²) >= 11 is 0. The van der Waals surface area contributed by atoms with E-state index in [0.717, 1.165) is 6.54 Å². The van der Waals surface area contributed by atoms with Crippen LogP contribution < -0.4 is 5.43 Å². The van der Waals surface area contributed by atoms with Crippen LogP contribution in [0.3, 0.4) is 0 Å². The Hall–Kier alpha value is -0.900. The smallest absolute Gasteiger partial charge is 0.263 e. The number of carbonyl (C=O) groups excluding carboxylic acids is 1. The molecule has 1 heterocycles. The minimum Gasteiger partial charge on any atom is -0.271 e. The second kappa shape index (κ2) is 2.59. The molecule has 0 atom stereocenters. The fourth-order valence-corrected chi connectivity index (χ4v) is 0.630. The molecule has 1 aliphatic rings. The lowest BCUT2D eigenvalue weighted by atomic mass is 10.5. The molecule has 0 saturated carbocycles. The number of hydrogen-bond donors (Lipinski definition) is 1. The van der Waals surface area contributed by atoms with Crippen LogP contribution >= 0.6 is 0 Å². The number of hydrogen-bond acceptors (Lipinski definition) is 3. The zero-order chi connectivity index (χ0) is 6.69. The molecule has 4 nitrogen and oxygen atoms in total. The molecule has 1 aliphatic heterocycles. The zero-order valence-electron chi connectivity index (χ0n) is 5.29. The van der Waals surface area contributed by atoms with Crippen molar-refractivity contribution in [2.24, 2.45) is 5.10 Å². The molecule has 0 bridgehead atoms. The summed E-state index contributed by atoms with van der Waals surface area (Å²) in [6, 6.07) is 0. The third-order valence-electron chi connectivity index (χ3n) is 1.01. The molecule has 1 rings (SSSR count). The Labute approximate surface area is 53.5 Å². The van der Waals surface area contributed by atoms with Crippen molar-refractivity contribution >= 4 is 12.1 Å². The van der Waals surface area contributed by atoms with Gasteiger partial charge in [0.2, 0.25) is 0 Å². The van der Waals surface area contributed by atoms with Crippen molar-refractivity contribution in [2.45, 2.75) is 13.3 Å². The molecule has 0 unspecified atom stereocenters. The van der Waals surface area contributed by atoms with Crippen molar-refractivity contribution in [2.75, 3.05) is 6.54 Å². The monoisotopic (exact) mass is 127 g/mol. The first kappa shape index (κ1) is 6.22. The van der Waals surface area contributed by atoms with Gasteiger partial charge in [0.15, 0.2) is 0 Å². The Balaban J connectivity index is 2.40. The van der Waals surface area contributed by atoms with E-state index in [-0.39, 0.29) is 5.91 Å². The molecular weight excluding hydrogens is 118 g/mol. The zero-order valence-corrected chi connectivity index (χ0v) is 5.29. The minimum atomic E-state index is 0.0110. The molecule has 0 aromatic heterocycles. The van der Waals surface area contributed by atoms with Crippen molar-refractivity contribution in [3.8, 4) is 0 Å². The third kappa shape index (κ3) is 1.26. The summed E-state index contributed by atoms with van der Waals surface area (Å²) in [6.45, 7) is 2.64. The van der Waals surface area contributed by atoms with Crippen LogP contribution in [0.1, 0.15) is 13.3 Å². The van der Waals surface area contributed by atoms with Gasteiger partial charge in [-0.05, 0) is 0 Å². The summed E-state index contributed by atoms with van der Waals surface area (Å²) in [4.78, 5) is 10.7. The summed E-state index contributed by atoms with van der Waals surface area (Å²) in [7, 11) is 0. The van der Waals surface area contributed by atoms with Crippen molar-refractivity contribution < 1.29 is 4.79 Å². The van der Waals surface area contributed by atoms with Gasteiger partial charge in [-0.1, -0.05) is 6.92 Å². The van der Waals surface area contributed by atoms with Crippen LogP contribution in [0.15, 0.2) is 5.10 Å². The molecule has 0 saturated heterocycles. The average Bonchev–Trinajstić information content (AvgIpc) is 2.18. The SMILES string of the molecule is CCNN1N=CCC1=O. The molecule has 0 spiro atoms. The molecule has 0 aromatic carbocycles. The highest BCUT2D eigenvalue weighted by Gasteiger charge is 2.14. The molecular formula is C5H9N3O. The van der Waals surface area contributed by atoms with Crippen molar-refractivity contribution in [1.29, 1.82) is 0 Å². The molecule has 4 heteroatoms. The minimum absolute atomic E-state index is 0.0110. The fourth-order valence-electron chi connectivity index (χ4n) is 0.630. The van der Waals surface area contributed by atoms with Crippen LogP contribution in [0, 0.1) is 0 Å². The van der Waals surface area contributed by atoms with Crippen molar-refractivity contribution in [3.05, 3.63) is 0 Å². The Morgan fingerprint density at radius 2 is 2.78 bits per heavy atom. The van der Waals surface area contributed by atoms with Gasteiger partial charge in [0, 0.05) is 12.8 Å². The van der Waals surface area contributed by atoms with Crippen LogP contribution in [0.25, 0.3) is 0 Å². The predicted octanol–water partition coefficient (Wildman–Crippen LogP) is -0.271. The van der Waals surface area contributed by atoms with E-state index >= 15 is 0 Å². The number of hydrazone groups is 1. The van der Waals surface area contributed by atoms with Crippen LogP contribution in [-0.2, 0) is 4.79 Å². The van der Waals surface area contributed by atoms with Crippen LogP contribution in [0.2, 0.25) is 0 Å². The van der Waals surface area contributed by atoms with E-state index in [2.05, 4.69) is 10.5 Å². The summed E-state index contributed by atoms with van der Waals surface area (Å²) < 4.78 is 0. The maximum atomic E-state index is 10.7. The number of hydrazine groups is 1. The van der Waals surface area contributed by atoms with E-state index < -0.39 is 0 Å². The Morgan fingerprint density at radius 3 is 3.22 bits per heavy atom. The Bertz CT molecular complexity index is 143. The first-order valence-corrected chi connectivity index (χ1v) is 2.93. The van der Waals surface area contributed by atoms with Gasteiger partial charge in [-0.3, -0.25) is 4.79 Å². The Kier molecular flexibility index (Phi) is 1.79. The van der Waals surface area contributed by atoms with E-state index in [1.165, 1.54) is 5.12 Å². The second-order valence-electron chi connectivity index (χ2n) is 1.72. The first-order chi connectivity index (χ1) is 4.34. The van der Waals surface area contributed by atoms with Crippen LogP contribution in [0.4, 0.5) is 0 Å². The van der Waals surface area contributed by atoms with Crippen molar-refractivity contribution in [1.82, 2.24) is 10.5 Å². The lowest BCUT2D eigenvalue weighted by Gasteiger charge is -2.09. The van der Waals surface area contributed by atoms with E-state index in [1.54, 1.807) is 6.21 Å². The number of nitrogens with one attached hydrogen (secondary N) is 1. The highest BCUT2D eigenvalue weighted by atomic mass is 16.2. The lowest BCUT2D eigenvalue weighted by molar-refractivity contribution is -0.131. The van der Waals surface area contributed by atoms with Gasteiger partial charge >= 0.3 is 0 Å². The summed E-state index contributed by atoms with van der Waals surface area (Å²) in [5.74, 6) is 0.0110. The molecule has 50 valence electrons. The number of rotatable bonds is 2. The highest BCUT2D eigenvalue weighted by molar-refractivity contribution is 5.93. The Morgan fingerprint density at radius 1 is 2.00 bits per heavy atom. The molecule has 0 fully saturated rings. The topological polar surface area (TPSA) is 44.7 Å². The third-order valence-corrected chi connectivity index (χ3v) is 1.01. The van der Waals surface area contributed by atoms with Gasteiger partial charge in [-0.15, -0.1) is 0 Å². The molecule has 0 aliphatic carbocycles. The number of nitrogens with zero attached hydrogens (tertiary/aromatic N) is 2. The average molecular weight is 127 g/mol. The van der Waals surface area contributed by atoms with E-state index in [1.807, 2.05) is 6.92 Å². The van der Waals surface area contributed by atoms with Crippen LogP contribution in [-0.4, -0.2) is 23.8 Å². The first-order valence-electron chi connectivity index (χ1n) is 2.93. The molecule has 0 aromatic rings. The van der Waals surface area contributed by atoms with Gasteiger partial charge in [0.25, 0.3) is 5.91 Å². The second-order valence-corrected chi connectivity index (χ2v) is 1.72. The normalized spacial score (nSPS) is 17.4. The highest BCUT2D eigenvalue weighted by Crippen LogP contribution is 1.96. The van der Waals surface area contributed by atoms with Gasteiger partial charge in [-0.2, -0.15) is 10.2 Å². The van der Waals surface area contributed by atoms with Gasteiger partial charge in [0.1, 0.15) is 0 Å². The van der Waals surface area contributed by atoms with Crippen molar-refractivity contribution in [3.63, 3.8) is 0 Å². The van der Waals surface area contributed by atoms with E-state index in [9.17, 15) is 4.79 Å². The quantitative estimate of drug-likeness (QED) is 0.555. The number of carbonyl (C=O) groups is 1. The molecule has 1 N–H and O–H groups in total. The van der Waals surface area contributed by atoms with Gasteiger partial charge < -0.3 is 0 Å². The van der Waals surface area contributed by atoms with Crippen LogP contribution in [0.5, 0.6) is 0 Å². The summed E-state index contributed by atoms with van der Waals surface area (Å²) in [5.41, 5.74) is 2.78. The number of amides is 1. The maximum Gasteiger partial charge on any atom is 0.263 e. The van der Waals surface area contributed by atoms with Gasteiger partial charge in [-0.25, -0.2) is 5.43 Å². The lowest BCUT2D eigenvalue weighted by Crippen LogP contribution is -2.35. The largest absolute Gasteiger partial charge is 0.271 e. The summed E-state index contributed by atoms with van der Waals surface area (Å²) in [6.07, 6.45) is 2.01. The molecule has 9 heavy (non-hydrogen) atoms. The fraction of sp³-hybridized carbons (Fsp3) is 0.600. The summed E-state index contributed by atoms with van der Waals surface area (Å²) in [5, 5.41) is 5.02. The van der Waals surface area contributed by atoms with E-state index in [0.29, 0.717) is 6.42 Å².